The summed E-state index contributed by atoms with van der Waals surface area (Å²) in [4.78, 5) is 8.04. The van der Waals surface area contributed by atoms with Gasteiger partial charge in [-0.15, -0.1) is 0 Å². The van der Waals surface area contributed by atoms with Crippen molar-refractivity contribution in [2.75, 3.05) is 6.61 Å². The molecule has 0 atom stereocenters. The molecule has 0 bridgehead atoms. The van der Waals surface area contributed by atoms with Gasteiger partial charge >= 0.3 is 0 Å². The lowest BCUT2D eigenvalue weighted by molar-refractivity contribution is 0.290. The van der Waals surface area contributed by atoms with Crippen LogP contribution >= 0.6 is 15.9 Å². The number of halogens is 1. The monoisotopic (exact) mass is 358 g/mol. The number of H-pyrrole nitrogens is 1. The molecule has 0 radical (unpaired) electrons. The van der Waals surface area contributed by atoms with E-state index < -0.39 is 0 Å². The Bertz CT molecular complexity index is 747. The number of ether oxygens (including phenoxy) is 1. The molecule has 3 aromatic rings. The molecule has 0 fully saturated rings. The zero-order chi connectivity index (χ0) is 15.5. The fourth-order valence-electron chi connectivity index (χ4n) is 2.30. The first-order valence-corrected chi connectivity index (χ1v) is 8.30. The van der Waals surface area contributed by atoms with E-state index in [1.165, 1.54) is 0 Å². The molecule has 0 aliphatic heterocycles. The molecule has 22 heavy (non-hydrogen) atoms. The Hall–Kier alpha value is -1.81. The second-order valence-electron chi connectivity index (χ2n) is 5.77. The molecule has 1 N–H and O–H groups in total. The van der Waals surface area contributed by atoms with Gasteiger partial charge in [0.2, 0.25) is 0 Å². The quantitative estimate of drug-likeness (QED) is 0.661. The molecular weight excluding hydrogens is 340 g/mol. The molecule has 1 heterocycles. The molecule has 4 heteroatoms. The number of hydrogen-bond acceptors (Lipinski definition) is 2. The van der Waals surface area contributed by atoms with Gasteiger partial charge in [0.1, 0.15) is 11.6 Å². The predicted molar refractivity (Wildman–Crippen MR) is 94.2 cm³/mol. The van der Waals surface area contributed by atoms with E-state index in [1.807, 2.05) is 42.5 Å². The largest absolute Gasteiger partial charge is 0.493 e. The van der Waals surface area contributed by atoms with Gasteiger partial charge in [-0.05, 0) is 42.7 Å². The maximum atomic E-state index is 5.97. The lowest BCUT2D eigenvalue weighted by atomic mass is 10.1. The Labute approximate surface area is 138 Å². The maximum Gasteiger partial charge on any atom is 0.142 e. The third-order valence-corrected chi connectivity index (χ3v) is 4.03. The molecule has 3 nitrogen and oxygen atoms in total. The van der Waals surface area contributed by atoms with Gasteiger partial charge in [0.05, 0.1) is 23.2 Å². The fraction of sp³-hybridized carbons (Fsp3) is 0.278. The number of nitrogens with one attached hydrogen (secondary N) is 1. The van der Waals surface area contributed by atoms with Crippen LogP contribution in [0.3, 0.4) is 0 Å². The summed E-state index contributed by atoms with van der Waals surface area (Å²) in [7, 11) is 0. The number of hydrogen-bond donors (Lipinski definition) is 1. The third-order valence-electron chi connectivity index (χ3n) is 3.54. The molecule has 114 valence electrons. The molecule has 0 amide bonds. The summed E-state index contributed by atoms with van der Waals surface area (Å²) in [5, 5.41) is 0. The van der Waals surface area contributed by atoms with Crippen molar-refractivity contribution < 1.29 is 4.74 Å². The van der Waals surface area contributed by atoms with Gasteiger partial charge in [-0.3, -0.25) is 0 Å². The van der Waals surface area contributed by atoms with Crippen LogP contribution < -0.4 is 4.74 Å². The first-order chi connectivity index (χ1) is 10.6. The lowest BCUT2D eigenvalue weighted by Crippen LogP contribution is -2.02. The molecule has 0 aliphatic rings. The number of rotatable bonds is 5. The van der Waals surface area contributed by atoms with Crippen molar-refractivity contribution in [3.8, 4) is 17.1 Å². The Balaban J connectivity index is 1.95. The minimum atomic E-state index is 0.630. The van der Waals surface area contributed by atoms with Crippen molar-refractivity contribution >= 4 is 27.0 Å². The second-order valence-corrected chi connectivity index (χ2v) is 6.69. The van der Waals surface area contributed by atoms with Gasteiger partial charge in [0.15, 0.2) is 0 Å². The Morgan fingerprint density at radius 1 is 1.18 bits per heavy atom. The van der Waals surface area contributed by atoms with E-state index in [-0.39, 0.29) is 0 Å². The molecule has 0 unspecified atom stereocenters. The lowest BCUT2D eigenvalue weighted by Gasteiger charge is -2.11. The minimum absolute atomic E-state index is 0.630. The highest BCUT2D eigenvalue weighted by molar-refractivity contribution is 9.10. The zero-order valence-electron chi connectivity index (χ0n) is 12.8. The number of imidazole rings is 1. The number of fused-ring (bicyclic) bond motifs is 1. The van der Waals surface area contributed by atoms with Crippen molar-refractivity contribution in [2.45, 2.75) is 20.3 Å². The van der Waals surface area contributed by atoms with Gasteiger partial charge in [-0.2, -0.15) is 0 Å². The van der Waals surface area contributed by atoms with Crippen molar-refractivity contribution in [1.29, 1.82) is 0 Å². The molecule has 0 aliphatic carbocycles. The van der Waals surface area contributed by atoms with Crippen LogP contribution in [-0.2, 0) is 0 Å². The van der Waals surface area contributed by atoms with Crippen molar-refractivity contribution in [2.24, 2.45) is 5.92 Å². The maximum absolute atomic E-state index is 5.97. The predicted octanol–water partition coefficient (Wildman–Crippen LogP) is 5.42. The van der Waals surface area contributed by atoms with E-state index in [2.05, 4.69) is 39.7 Å². The van der Waals surface area contributed by atoms with Crippen LogP contribution in [0.1, 0.15) is 20.3 Å². The summed E-state index contributed by atoms with van der Waals surface area (Å²) in [6, 6.07) is 14.1. The van der Waals surface area contributed by atoms with Gasteiger partial charge in [-0.25, -0.2) is 4.98 Å². The first-order valence-electron chi connectivity index (χ1n) is 7.51. The van der Waals surface area contributed by atoms with Crippen molar-refractivity contribution in [1.82, 2.24) is 9.97 Å². The minimum Gasteiger partial charge on any atom is -0.493 e. The van der Waals surface area contributed by atoms with Crippen LogP contribution in [0.15, 0.2) is 46.9 Å². The number of aromatic nitrogens is 2. The fourth-order valence-corrected chi connectivity index (χ4v) is 2.66. The standard InChI is InChI=1S/C18H19BrN2O/c1-12(2)9-10-22-17-8-7-13(19)11-14(17)18-20-15-5-3-4-6-16(15)21-18/h3-8,11-12H,9-10H2,1-2H3,(H,20,21). The summed E-state index contributed by atoms with van der Waals surface area (Å²) < 4.78 is 6.99. The van der Waals surface area contributed by atoms with Crippen LogP contribution in [0, 0.1) is 5.92 Å². The van der Waals surface area contributed by atoms with Gasteiger partial charge in [0, 0.05) is 4.47 Å². The van der Waals surface area contributed by atoms with Gasteiger partial charge < -0.3 is 9.72 Å². The van der Waals surface area contributed by atoms with Crippen LogP contribution in [0.2, 0.25) is 0 Å². The van der Waals surface area contributed by atoms with E-state index in [9.17, 15) is 0 Å². The molecule has 0 spiro atoms. The SMILES string of the molecule is CC(C)CCOc1ccc(Br)cc1-c1nc2ccccc2[nH]1. The summed E-state index contributed by atoms with van der Waals surface area (Å²) in [5.41, 5.74) is 2.98. The molecule has 3 rings (SSSR count). The van der Waals surface area contributed by atoms with E-state index in [0.717, 1.165) is 39.1 Å². The average Bonchev–Trinajstić information content (AvgIpc) is 2.92. The molecule has 1 aromatic heterocycles. The first kappa shape index (κ1) is 15.1. The number of aromatic amines is 1. The molecule has 0 saturated carbocycles. The summed E-state index contributed by atoms with van der Waals surface area (Å²) in [6.45, 7) is 5.11. The number of para-hydroxylation sites is 2. The van der Waals surface area contributed by atoms with Crippen molar-refractivity contribution in [3.05, 3.63) is 46.9 Å². The third kappa shape index (κ3) is 3.33. The summed E-state index contributed by atoms with van der Waals surface area (Å²) in [5.74, 6) is 2.33. The van der Waals surface area contributed by atoms with Crippen molar-refractivity contribution in [3.63, 3.8) is 0 Å². The second kappa shape index (κ2) is 6.53. The van der Waals surface area contributed by atoms with E-state index in [0.29, 0.717) is 12.5 Å². The van der Waals surface area contributed by atoms with E-state index in [4.69, 9.17) is 4.74 Å². The van der Waals surface area contributed by atoms with Gasteiger partial charge in [-0.1, -0.05) is 41.9 Å². The van der Waals surface area contributed by atoms with E-state index >= 15 is 0 Å². The molecule has 0 saturated heterocycles. The van der Waals surface area contributed by atoms with Gasteiger partial charge in [0.25, 0.3) is 0 Å². The topological polar surface area (TPSA) is 37.9 Å². The Kier molecular flexibility index (Phi) is 4.48. The van der Waals surface area contributed by atoms with Crippen LogP contribution in [0.4, 0.5) is 0 Å². The summed E-state index contributed by atoms with van der Waals surface area (Å²) in [6.07, 6.45) is 1.04. The summed E-state index contributed by atoms with van der Waals surface area (Å²) >= 11 is 3.53. The average molecular weight is 359 g/mol. The van der Waals surface area contributed by atoms with Crippen LogP contribution in [0.25, 0.3) is 22.4 Å². The smallest absolute Gasteiger partial charge is 0.142 e. The number of nitrogens with zero attached hydrogens (tertiary/aromatic N) is 1. The zero-order valence-corrected chi connectivity index (χ0v) is 14.4. The Morgan fingerprint density at radius 2 is 2.00 bits per heavy atom. The van der Waals surface area contributed by atoms with Crippen LogP contribution in [-0.4, -0.2) is 16.6 Å². The van der Waals surface area contributed by atoms with E-state index in [1.54, 1.807) is 0 Å². The highest BCUT2D eigenvalue weighted by atomic mass is 79.9. The molecule has 2 aromatic carbocycles. The normalized spacial score (nSPS) is 11.3. The molecular formula is C18H19BrN2O. The van der Waals surface area contributed by atoms with Crippen LogP contribution in [0.5, 0.6) is 5.75 Å². The number of benzene rings is 2. The Morgan fingerprint density at radius 3 is 2.77 bits per heavy atom. The highest BCUT2D eigenvalue weighted by Crippen LogP contribution is 2.32. The highest BCUT2D eigenvalue weighted by Gasteiger charge is 2.12.